The molecule has 0 spiro atoms. The van der Waals surface area contributed by atoms with Crippen LogP contribution in [0.1, 0.15) is 24.3 Å². The third-order valence-electron chi connectivity index (χ3n) is 4.63. The molecule has 4 rings (SSSR count). The number of fused-ring (bicyclic) bond motifs is 1. The van der Waals surface area contributed by atoms with Gasteiger partial charge in [-0.15, -0.1) is 0 Å². The van der Waals surface area contributed by atoms with Gasteiger partial charge in [-0.3, -0.25) is 9.78 Å². The number of aromatic nitrogens is 1. The van der Waals surface area contributed by atoms with Crippen LogP contribution in [-0.2, 0) is 4.79 Å². The molecule has 3 nitrogen and oxygen atoms in total. The first-order valence-corrected chi connectivity index (χ1v) is 8.51. The SMILES string of the molecule is O=C1[C@H](c2cccc(Cl)c2)CCCN1c1cncc2ccccc12. The predicted octanol–water partition coefficient (Wildman–Crippen LogP) is 4.80. The van der Waals surface area contributed by atoms with Crippen molar-refractivity contribution in [3.8, 4) is 0 Å². The fraction of sp³-hybridized carbons (Fsp3) is 0.200. The van der Waals surface area contributed by atoms with Crippen molar-refractivity contribution in [2.45, 2.75) is 18.8 Å². The van der Waals surface area contributed by atoms with Crippen LogP contribution in [0, 0.1) is 0 Å². The van der Waals surface area contributed by atoms with Crippen LogP contribution >= 0.6 is 11.6 Å². The molecule has 0 bridgehead atoms. The van der Waals surface area contributed by atoms with Crippen LogP contribution < -0.4 is 4.90 Å². The molecule has 1 atom stereocenters. The van der Waals surface area contributed by atoms with Crippen molar-refractivity contribution >= 4 is 34.0 Å². The van der Waals surface area contributed by atoms with Crippen LogP contribution in [0.25, 0.3) is 10.8 Å². The standard InChI is InChI=1S/C20H17ClN2O/c21-16-7-3-6-14(11-16)18-9-4-10-23(20(18)24)19-13-22-12-15-5-1-2-8-17(15)19/h1-3,5-8,11-13,18H,4,9-10H2/t18-/m0/s1. The molecule has 4 heteroatoms. The van der Waals surface area contributed by atoms with Gasteiger partial charge in [0.25, 0.3) is 0 Å². The Hall–Kier alpha value is -2.39. The Morgan fingerprint density at radius 1 is 1.08 bits per heavy atom. The van der Waals surface area contributed by atoms with Gasteiger partial charge in [0.15, 0.2) is 0 Å². The molecule has 2 aromatic carbocycles. The van der Waals surface area contributed by atoms with E-state index in [1.54, 1.807) is 6.20 Å². The lowest BCUT2D eigenvalue weighted by molar-refractivity contribution is -0.121. The fourth-order valence-corrected chi connectivity index (χ4v) is 3.66. The van der Waals surface area contributed by atoms with E-state index in [-0.39, 0.29) is 11.8 Å². The largest absolute Gasteiger partial charge is 0.310 e. The first-order valence-electron chi connectivity index (χ1n) is 8.13. The Labute approximate surface area is 145 Å². The summed E-state index contributed by atoms with van der Waals surface area (Å²) in [5, 5.41) is 2.78. The van der Waals surface area contributed by atoms with Gasteiger partial charge in [-0.25, -0.2) is 0 Å². The van der Waals surface area contributed by atoms with Crippen molar-refractivity contribution < 1.29 is 4.79 Å². The van der Waals surface area contributed by atoms with E-state index < -0.39 is 0 Å². The molecule has 1 amide bonds. The lowest BCUT2D eigenvalue weighted by Crippen LogP contribution is -2.40. The van der Waals surface area contributed by atoms with Gasteiger partial charge in [-0.05, 0) is 30.5 Å². The number of halogens is 1. The highest BCUT2D eigenvalue weighted by molar-refractivity contribution is 6.30. The molecule has 24 heavy (non-hydrogen) atoms. The van der Waals surface area contributed by atoms with Gasteiger partial charge in [0.05, 0.1) is 17.8 Å². The Morgan fingerprint density at radius 2 is 1.96 bits per heavy atom. The van der Waals surface area contributed by atoms with E-state index in [0.29, 0.717) is 5.02 Å². The number of anilines is 1. The van der Waals surface area contributed by atoms with E-state index in [2.05, 4.69) is 4.98 Å². The van der Waals surface area contributed by atoms with Crippen molar-refractivity contribution in [2.24, 2.45) is 0 Å². The summed E-state index contributed by atoms with van der Waals surface area (Å²) in [5.74, 6) is -0.0157. The molecule has 0 aliphatic carbocycles. The van der Waals surface area contributed by atoms with Gasteiger partial charge in [-0.2, -0.15) is 0 Å². The Balaban J connectivity index is 1.74. The van der Waals surface area contributed by atoms with Crippen LogP contribution in [0.15, 0.2) is 60.9 Å². The molecular formula is C20H17ClN2O. The zero-order valence-electron chi connectivity index (χ0n) is 13.2. The third kappa shape index (κ3) is 2.65. The zero-order valence-corrected chi connectivity index (χ0v) is 13.9. The maximum atomic E-state index is 13.1. The highest BCUT2D eigenvalue weighted by Crippen LogP contribution is 2.34. The smallest absolute Gasteiger partial charge is 0.234 e. The number of rotatable bonds is 2. The molecule has 0 N–H and O–H groups in total. The van der Waals surface area contributed by atoms with Gasteiger partial charge in [-0.1, -0.05) is 48.0 Å². The number of carbonyl (C=O) groups excluding carboxylic acids is 1. The lowest BCUT2D eigenvalue weighted by atomic mass is 9.89. The quantitative estimate of drug-likeness (QED) is 0.673. The molecule has 120 valence electrons. The zero-order chi connectivity index (χ0) is 16.5. The average molecular weight is 337 g/mol. The molecule has 0 unspecified atom stereocenters. The van der Waals surface area contributed by atoms with E-state index in [9.17, 15) is 4.79 Å². The van der Waals surface area contributed by atoms with Crippen LogP contribution in [0.3, 0.4) is 0 Å². The van der Waals surface area contributed by atoms with E-state index in [1.807, 2.05) is 59.6 Å². The molecule has 1 fully saturated rings. The van der Waals surface area contributed by atoms with Gasteiger partial charge >= 0.3 is 0 Å². The second kappa shape index (κ2) is 6.25. The molecule has 1 saturated heterocycles. The molecular weight excluding hydrogens is 320 g/mol. The summed E-state index contributed by atoms with van der Waals surface area (Å²) in [6.45, 7) is 0.728. The van der Waals surface area contributed by atoms with Gasteiger partial charge < -0.3 is 4.90 Å². The van der Waals surface area contributed by atoms with Crippen LogP contribution in [0.4, 0.5) is 5.69 Å². The Bertz CT molecular complexity index is 904. The number of pyridine rings is 1. The maximum absolute atomic E-state index is 13.1. The van der Waals surface area contributed by atoms with Gasteiger partial charge in [0.1, 0.15) is 0 Å². The number of hydrogen-bond acceptors (Lipinski definition) is 2. The minimum atomic E-state index is -0.142. The van der Waals surface area contributed by atoms with E-state index in [1.165, 1.54) is 0 Å². The second-order valence-electron chi connectivity index (χ2n) is 6.12. The van der Waals surface area contributed by atoms with E-state index in [0.717, 1.165) is 41.4 Å². The first kappa shape index (κ1) is 15.2. The molecule has 3 aromatic rings. The summed E-state index contributed by atoms with van der Waals surface area (Å²) in [6.07, 6.45) is 5.45. The molecule has 2 heterocycles. The van der Waals surface area contributed by atoms with Crippen molar-refractivity contribution in [1.29, 1.82) is 0 Å². The van der Waals surface area contributed by atoms with Crippen molar-refractivity contribution in [3.63, 3.8) is 0 Å². The van der Waals surface area contributed by atoms with Crippen molar-refractivity contribution in [1.82, 2.24) is 4.98 Å². The minimum Gasteiger partial charge on any atom is -0.310 e. The lowest BCUT2D eigenvalue weighted by Gasteiger charge is -2.33. The summed E-state index contributed by atoms with van der Waals surface area (Å²) in [6, 6.07) is 15.7. The second-order valence-corrected chi connectivity index (χ2v) is 6.56. The summed E-state index contributed by atoms with van der Waals surface area (Å²) in [5.41, 5.74) is 1.88. The van der Waals surface area contributed by atoms with Crippen LogP contribution in [0.2, 0.25) is 5.02 Å². The minimum absolute atomic E-state index is 0.127. The summed E-state index contributed by atoms with van der Waals surface area (Å²) in [4.78, 5) is 19.3. The normalized spacial score (nSPS) is 18.1. The molecule has 0 radical (unpaired) electrons. The number of piperidine rings is 1. The van der Waals surface area contributed by atoms with Crippen LogP contribution in [0.5, 0.6) is 0 Å². The first-order chi connectivity index (χ1) is 11.7. The number of benzene rings is 2. The molecule has 1 aliphatic heterocycles. The topological polar surface area (TPSA) is 33.2 Å². The predicted molar refractivity (Wildman–Crippen MR) is 97.5 cm³/mol. The molecule has 0 saturated carbocycles. The van der Waals surface area contributed by atoms with Crippen molar-refractivity contribution in [2.75, 3.05) is 11.4 Å². The summed E-state index contributed by atoms with van der Waals surface area (Å²) < 4.78 is 0. The summed E-state index contributed by atoms with van der Waals surface area (Å²) in [7, 11) is 0. The number of hydrogen-bond donors (Lipinski definition) is 0. The third-order valence-corrected chi connectivity index (χ3v) is 4.86. The molecule has 1 aliphatic rings. The highest BCUT2D eigenvalue weighted by atomic mass is 35.5. The van der Waals surface area contributed by atoms with E-state index >= 15 is 0 Å². The Morgan fingerprint density at radius 3 is 2.83 bits per heavy atom. The van der Waals surface area contributed by atoms with Gasteiger partial charge in [0, 0.05) is 28.5 Å². The van der Waals surface area contributed by atoms with Crippen molar-refractivity contribution in [3.05, 3.63) is 71.5 Å². The Kier molecular flexibility index (Phi) is 3.95. The number of carbonyl (C=O) groups is 1. The molecule has 1 aromatic heterocycles. The highest BCUT2D eigenvalue weighted by Gasteiger charge is 2.31. The summed E-state index contributed by atoms with van der Waals surface area (Å²) >= 11 is 6.11. The average Bonchev–Trinajstić information content (AvgIpc) is 2.61. The number of amides is 1. The fourth-order valence-electron chi connectivity index (χ4n) is 3.46. The number of nitrogens with zero attached hydrogens (tertiary/aromatic N) is 2. The van der Waals surface area contributed by atoms with Crippen LogP contribution in [-0.4, -0.2) is 17.4 Å². The van der Waals surface area contributed by atoms with E-state index in [4.69, 9.17) is 11.6 Å². The monoisotopic (exact) mass is 336 g/mol. The van der Waals surface area contributed by atoms with Gasteiger partial charge in [0.2, 0.25) is 5.91 Å². The maximum Gasteiger partial charge on any atom is 0.234 e.